The third-order valence-electron chi connectivity index (χ3n) is 6.24. The van der Waals surface area contributed by atoms with Crippen molar-refractivity contribution in [3.8, 4) is 11.5 Å². The Morgan fingerprint density at radius 3 is 2.27 bits per heavy atom. The Balaban J connectivity index is 2.10. The van der Waals surface area contributed by atoms with Crippen molar-refractivity contribution in [3.05, 3.63) is 88.5 Å². The first kappa shape index (κ1) is 22.4. The van der Waals surface area contributed by atoms with Crippen LogP contribution in [0.5, 0.6) is 11.5 Å². The quantitative estimate of drug-likeness (QED) is 0.565. The van der Waals surface area contributed by atoms with Gasteiger partial charge in [0.15, 0.2) is 0 Å². The standard InChI is InChI=1S/C27H27NO5/c1-26(2,3)17-11-14-22(29)21(15-17)27(16-9-12-18(32-4)13-10-16)20-8-6-7-19(24(30)33-5)23(20)28-25(27)31/h6-15,29H,1-5H3,(H,28,31). The molecule has 0 fully saturated rings. The number of hydrogen-bond acceptors (Lipinski definition) is 5. The summed E-state index contributed by atoms with van der Waals surface area (Å²) in [5.74, 6) is -0.278. The molecule has 3 aromatic rings. The van der Waals surface area contributed by atoms with Gasteiger partial charge in [-0.1, -0.05) is 51.1 Å². The molecule has 3 aromatic carbocycles. The van der Waals surface area contributed by atoms with Gasteiger partial charge in [-0.3, -0.25) is 4.79 Å². The Bertz CT molecular complexity index is 1240. The van der Waals surface area contributed by atoms with Gasteiger partial charge in [-0.05, 0) is 46.9 Å². The molecule has 0 aromatic heterocycles. The van der Waals surface area contributed by atoms with Crippen molar-refractivity contribution in [2.24, 2.45) is 0 Å². The van der Waals surface area contributed by atoms with Gasteiger partial charge in [-0.15, -0.1) is 0 Å². The highest BCUT2D eigenvalue weighted by Crippen LogP contribution is 2.52. The van der Waals surface area contributed by atoms with Crippen LogP contribution in [0.1, 0.15) is 53.4 Å². The minimum atomic E-state index is -1.38. The maximum absolute atomic E-state index is 13.9. The SMILES string of the molecule is COC(=O)c1cccc2c1NC(=O)C2(c1ccc(OC)cc1)c1cc(C(C)(C)C)ccc1O. The predicted molar refractivity (Wildman–Crippen MR) is 126 cm³/mol. The van der Waals surface area contributed by atoms with E-state index in [1.54, 1.807) is 43.5 Å². The fourth-order valence-corrected chi connectivity index (χ4v) is 4.46. The van der Waals surface area contributed by atoms with E-state index in [1.165, 1.54) is 7.11 Å². The number of nitrogens with one attached hydrogen (secondary N) is 1. The highest BCUT2D eigenvalue weighted by atomic mass is 16.5. The monoisotopic (exact) mass is 445 g/mol. The second kappa shape index (κ2) is 7.96. The summed E-state index contributed by atoms with van der Waals surface area (Å²) in [6, 6.07) is 17.6. The van der Waals surface area contributed by atoms with Crippen molar-refractivity contribution in [2.75, 3.05) is 19.5 Å². The number of carbonyl (C=O) groups excluding carboxylic acids is 2. The lowest BCUT2D eigenvalue weighted by atomic mass is 9.68. The largest absolute Gasteiger partial charge is 0.508 e. The van der Waals surface area contributed by atoms with Gasteiger partial charge in [0.2, 0.25) is 5.91 Å². The van der Waals surface area contributed by atoms with Gasteiger partial charge in [0.25, 0.3) is 0 Å². The van der Waals surface area contributed by atoms with Gasteiger partial charge in [0, 0.05) is 11.1 Å². The number of amides is 1. The average Bonchev–Trinajstić information content (AvgIpc) is 3.10. The van der Waals surface area contributed by atoms with Crippen LogP contribution in [-0.4, -0.2) is 31.2 Å². The minimum Gasteiger partial charge on any atom is -0.508 e. The summed E-state index contributed by atoms with van der Waals surface area (Å²) in [6.07, 6.45) is 0. The summed E-state index contributed by atoms with van der Waals surface area (Å²) in [4.78, 5) is 26.3. The zero-order valence-electron chi connectivity index (χ0n) is 19.4. The summed E-state index contributed by atoms with van der Waals surface area (Å²) in [5.41, 5.74) is 1.67. The first-order chi connectivity index (χ1) is 15.6. The van der Waals surface area contributed by atoms with Crippen LogP contribution in [0.4, 0.5) is 5.69 Å². The van der Waals surface area contributed by atoms with Gasteiger partial charge >= 0.3 is 5.97 Å². The number of methoxy groups -OCH3 is 2. The summed E-state index contributed by atoms with van der Waals surface area (Å²) >= 11 is 0. The number of phenolic OH excluding ortho intramolecular Hbond substituents is 1. The van der Waals surface area contributed by atoms with Crippen molar-refractivity contribution in [3.63, 3.8) is 0 Å². The van der Waals surface area contributed by atoms with Crippen molar-refractivity contribution < 1.29 is 24.2 Å². The van der Waals surface area contributed by atoms with Crippen LogP contribution in [0.2, 0.25) is 0 Å². The van der Waals surface area contributed by atoms with E-state index in [9.17, 15) is 14.7 Å². The molecule has 0 bridgehead atoms. The molecule has 4 rings (SSSR count). The van der Waals surface area contributed by atoms with E-state index in [-0.39, 0.29) is 22.6 Å². The molecule has 1 heterocycles. The van der Waals surface area contributed by atoms with Gasteiger partial charge < -0.3 is 19.9 Å². The van der Waals surface area contributed by atoms with Crippen molar-refractivity contribution in [1.82, 2.24) is 0 Å². The molecule has 6 nitrogen and oxygen atoms in total. The molecule has 33 heavy (non-hydrogen) atoms. The Hall–Kier alpha value is -3.80. The first-order valence-electron chi connectivity index (χ1n) is 10.7. The molecule has 0 aliphatic carbocycles. The summed E-state index contributed by atoms with van der Waals surface area (Å²) in [7, 11) is 2.87. The molecule has 0 spiro atoms. The van der Waals surface area contributed by atoms with Crippen LogP contribution in [0.3, 0.4) is 0 Å². The Kier molecular flexibility index (Phi) is 5.40. The molecular weight excluding hydrogens is 418 g/mol. The predicted octanol–water partition coefficient (Wildman–Crippen LogP) is 4.77. The molecule has 0 radical (unpaired) electrons. The van der Waals surface area contributed by atoms with Crippen molar-refractivity contribution in [1.29, 1.82) is 0 Å². The Labute approximate surface area is 193 Å². The van der Waals surface area contributed by atoms with Gasteiger partial charge in [0.05, 0.1) is 25.5 Å². The molecule has 1 atom stereocenters. The molecule has 1 unspecified atom stereocenters. The number of anilines is 1. The lowest BCUT2D eigenvalue weighted by molar-refractivity contribution is -0.118. The third-order valence-corrected chi connectivity index (χ3v) is 6.24. The summed E-state index contributed by atoms with van der Waals surface area (Å²) in [6.45, 7) is 6.21. The third kappa shape index (κ3) is 3.42. The zero-order chi connectivity index (χ0) is 24.0. The molecule has 0 saturated heterocycles. The maximum atomic E-state index is 13.9. The molecule has 1 aliphatic heterocycles. The lowest BCUT2D eigenvalue weighted by Crippen LogP contribution is -2.37. The number of hydrogen-bond donors (Lipinski definition) is 2. The van der Waals surface area contributed by atoms with Crippen LogP contribution in [0.15, 0.2) is 60.7 Å². The lowest BCUT2D eigenvalue weighted by Gasteiger charge is -2.31. The summed E-state index contributed by atoms with van der Waals surface area (Å²) < 4.78 is 10.2. The topological polar surface area (TPSA) is 84.9 Å². The second-order valence-corrected chi connectivity index (χ2v) is 9.13. The van der Waals surface area contributed by atoms with E-state index in [0.29, 0.717) is 28.1 Å². The van der Waals surface area contributed by atoms with E-state index in [2.05, 4.69) is 26.1 Å². The number of carbonyl (C=O) groups is 2. The van der Waals surface area contributed by atoms with Crippen molar-refractivity contribution in [2.45, 2.75) is 31.6 Å². The number of esters is 1. The number of fused-ring (bicyclic) bond motifs is 1. The Morgan fingerprint density at radius 1 is 0.970 bits per heavy atom. The first-order valence-corrected chi connectivity index (χ1v) is 10.7. The molecule has 170 valence electrons. The van der Waals surface area contributed by atoms with E-state index in [0.717, 1.165) is 5.56 Å². The zero-order valence-corrected chi connectivity index (χ0v) is 19.4. The average molecular weight is 446 g/mol. The van der Waals surface area contributed by atoms with Crippen LogP contribution in [0.25, 0.3) is 0 Å². The van der Waals surface area contributed by atoms with E-state index in [1.807, 2.05) is 24.3 Å². The van der Waals surface area contributed by atoms with Gasteiger partial charge in [-0.2, -0.15) is 0 Å². The maximum Gasteiger partial charge on any atom is 0.339 e. The molecule has 0 saturated carbocycles. The van der Waals surface area contributed by atoms with Gasteiger partial charge in [0.1, 0.15) is 16.9 Å². The highest BCUT2D eigenvalue weighted by Gasteiger charge is 2.52. The Morgan fingerprint density at radius 2 is 1.67 bits per heavy atom. The van der Waals surface area contributed by atoms with E-state index >= 15 is 0 Å². The smallest absolute Gasteiger partial charge is 0.339 e. The fourth-order valence-electron chi connectivity index (χ4n) is 4.46. The van der Waals surface area contributed by atoms with Crippen molar-refractivity contribution >= 4 is 17.6 Å². The number of ether oxygens (including phenoxy) is 2. The second-order valence-electron chi connectivity index (χ2n) is 9.13. The highest BCUT2D eigenvalue weighted by molar-refractivity contribution is 6.15. The van der Waals surface area contributed by atoms with Gasteiger partial charge in [-0.25, -0.2) is 4.79 Å². The minimum absolute atomic E-state index is 0.00899. The van der Waals surface area contributed by atoms with E-state index < -0.39 is 11.4 Å². The number of phenols is 1. The van der Waals surface area contributed by atoms with Crippen LogP contribution >= 0.6 is 0 Å². The number of benzene rings is 3. The van der Waals surface area contributed by atoms with E-state index in [4.69, 9.17) is 9.47 Å². The normalized spacial score (nSPS) is 17.3. The number of rotatable bonds is 4. The number of aromatic hydroxyl groups is 1. The van der Waals surface area contributed by atoms with Crippen LogP contribution in [-0.2, 0) is 20.4 Å². The van der Waals surface area contributed by atoms with Crippen LogP contribution < -0.4 is 10.1 Å². The molecule has 1 amide bonds. The molecule has 6 heteroatoms. The van der Waals surface area contributed by atoms with Crippen LogP contribution in [0, 0.1) is 0 Å². The molecule has 1 aliphatic rings. The molecular formula is C27H27NO5. The number of para-hydroxylation sites is 1. The molecule has 2 N–H and O–H groups in total. The summed E-state index contributed by atoms with van der Waals surface area (Å²) in [5, 5.41) is 14.0. The fraction of sp³-hybridized carbons (Fsp3) is 0.259.